The monoisotopic (exact) mass is 318 g/mol. The van der Waals surface area contributed by atoms with Gasteiger partial charge in [-0.15, -0.1) is 0 Å². The van der Waals surface area contributed by atoms with Crippen LogP contribution in [0.2, 0.25) is 0 Å². The van der Waals surface area contributed by atoms with Crippen LogP contribution in [-0.4, -0.2) is 28.3 Å². The predicted octanol–water partition coefficient (Wildman–Crippen LogP) is 2.72. The van der Waals surface area contributed by atoms with Crippen molar-refractivity contribution < 1.29 is 18.1 Å². The largest absolute Gasteiger partial charge is 0.534 e. The first-order valence-corrected chi connectivity index (χ1v) is 7.34. The second-order valence-corrected chi connectivity index (χ2v) is 6.52. The Bertz CT molecular complexity index is 737. The van der Waals surface area contributed by atoms with E-state index in [0.29, 0.717) is 17.0 Å². The number of nitrogens with zero attached hydrogens (tertiary/aromatic N) is 2. The van der Waals surface area contributed by atoms with Gasteiger partial charge in [0.05, 0.1) is 16.9 Å². The normalized spacial score (nSPS) is 19.1. The number of benzene rings is 1. The third-order valence-electron chi connectivity index (χ3n) is 4.35. The van der Waals surface area contributed by atoms with Gasteiger partial charge in [-0.25, -0.2) is 18.7 Å². The third kappa shape index (κ3) is 2.86. The van der Waals surface area contributed by atoms with Crippen LogP contribution in [0.4, 0.5) is 8.78 Å². The van der Waals surface area contributed by atoms with Crippen molar-refractivity contribution in [3.63, 3.8) is 0 Å². The standard InChI is InChI=1S/C16H17BF2N2O2/c1-15(2)16(3,4)23-17(22-15)14-20-8-7-13(21-14)10-5-6-11(18)12(19)9-10/h5-9H,1-4H3. The quantitative estimate of drug-likeness (QED) is 0.799. The van der Waals surface area contributed by atoms with E-state index in [0.717, 1.165) is 12.1 Å². The van der Waals surface area contributed by atoms with Crippen LogP contribution >= 0.6 is 0 Å². The molecule has 2 heterocycles. The molecule has 4 nitrogen and oxygen atoms in total. The second-order valence-electron chi connectivity index (χ2n) is 6.52. The lowest BCUT2D eigenvalue weighted by molar-refractivity contribution is 0.00578. The van der Waals surface area contributed by atoms with Crippen LogP contribution in [0.1, 0.15) is 27.7 Å². The lowest BCUT2D eigenvalue weighted by Crippen LogP contribution is -2.41. The molecule has 23 heavy (non-hydrogen) atoms. The molecule has 1 aromatic heterocycles. The van der Waals surface area contributed by atoms with Gasteiger partial charge in [-0.2, -0.15) is 0 Å². The third-order valence-corrected chi connectivity index (χ3v) is 4.35. The first kappa shape index (κ1) is 16.0. The van der Waals surface area contributed by atoms with E-state index < -0.39 is 30.0 Å². The molecular weight excluding hydrogens is 301 g/mol. The summed E-state index contributed by atoms with van der Waals surface area (Å²) in [5, 5.41) is 0. The van der Waals surface area contributed by atoms with Crippen molar-refractivity contribution in [3.05, 3.63) is 42.1 Å². The molecule has 0 radical (unpaired) electrons. The second kappa shape index (κ2) is 5.35. The number of hydrogen-bond donors (Lipinski definition) is 0. The van der Waals surface area contributed by atoms with Crippen molar-refractivity contribution in [2.24, 2.45) is 0 Å². The highest BCUT2D eigenvalue weighted by Crippen LogP contribution is 2.36. The average Bonchev–Trinajstić information content (AvgIpc) is 2.71. The minimum Gasteiger partial charge on any atom is -0.397 e. The van der Waals surface area contributed by atoms with Crippen molar-refractivity contribution in [1.29, 1.82) is 0 Å². The van der Waals surface area contributed by atoms with Gasteiger partial charge in [0.15, 0.2) is 17.4 Å². The molecule has 1 aliphatic rings. The molecule has 7 heteroatoms. The lowest BCUT2D eigenvalue weighted by Gasteiger charge is -2.32. The van der Waals surface area contributed by atoms with Gasteiger partial charge in [0.1, 0.15) is 0 Å². The topological polar surface area (TPSA) is 44.2 Å². The molecule has 0 amide bonds. The molecule has 1 fully saturated rings. The molecular formula is C16H17BF2N2O2. The van der Waals surface area contributed by atoms with Crippen LogP contribution in [0.3, 0.4) is 0 Å². The predicted molar refractivity (Wildman–Crippen MR) is 83.1 cm³/mol. The van der Waals surface area contributed by atoms with E-state index in [1.165, 1.54) is 6.07 Å². The highest BCUT2D eigenvalue weighted by molar-refractivity contribution is 6.60. The van der Waals surface area contributed by atoms with E-state index in [1.807, 2.05) is 27.7 Å². The molecule has 120 valence electrons. The fourth-order valence-corrected chi connectivity index (χ4v) is 2.25. The van der Waals surface area contributed by atoms with Gasteiger partial charge >= 0.3 is 7.12 Å². The Kier molecular flexibility index (Phi) is 3.73. The SMILES string of the molecule is CC1(C)OB(c2nccc(-c3ccc(F)c(F)c3)n2)OC1(C)C. The zero-order chi connectivity index (χ0) is 16.8. The first-order chi connectivity index (χ1) is 10.7. The van der Waals surface area contributed by atoms with Crippen molar-refractivity contribution >= 4 is 12.8 Å². The van der Waals surface area contributed by atoms with Gasteiger partial charge in [-0.3, -0.25) is 0 Å². The Morgan fingerprint density at radius 3 is 2.22 bits per heavy atom. The first-order valence-electron chi connectivity index (χ1n) is 7.34. The number of hydrogen-bond acceptors (Lipinski definition) is 4. The van der Waals surface area contributed by atoms with Gasteiger partial charge in [0, 0.05) is 11.8 Å². The van der Waals surface area contributed by atoms with Crippen LogP contribution in [0.15, 0.2) is 30.5 Å². The highest BCUT2D eigenvalue weighted by atomic mass is 19.2. The fraction of sp³-hybridized carbons (Fsp3) is 0.375. The fourth-order valence-electron chi connectivity index (χ4n) is 2.25. The molecule has 3 rings (SSSR count). The van der Waals surface area contributed by atoms with Crippen molar-refractivity contribution in [3.8, 4) is 11.3 Å². The maximum atomic E-state index is 13.4. The summed E-state index contributed by atoms with van der Waals surface area (Å²) in [6.07, 6.45) is 1.55. The van der Waals surface area contributed by atoms with E-state index in [4.69, 9.17) is 9.31 Å². The highest BCUT2D eigenvalue weighted by Gasteiger charge is 2.53. The van der Waals surface area contributed by atoms with Gasteiger partial charge in [0.2, 0.25) is 0 Å². The number of halogens is 2. The summed E-state index contributed by atoms with van der Waals surface area (Å²) in [6, 6.07) is 5.27. The van der Waals surface area contributed by atoms with Crippen LogP contribution < -0.4 is 5.72 Å². The number of aromatic nitrogens is 2. The molecule has 0 aliphatic carbocycles. The van der Waals surface area contributed by atoms with Gasteiger partial charge in [0.25, 0.3) is 0 Å². The molecule has 1 saturated heterocycles. The van der Waals surface area contributed by atoms with E-state index in [9.17, 15) is 8.78 Å². The summed E-state index contributed by atoms with van der Waals surface area (Å²) in [6.45, 7) is 7.75. The summed E-state index contributed by atoms with van der Waals surface area (Å²) in [5.41, 5.74) is 0.288. The molecule has 1 aliphatic heterocycles. The maximum Gasteiger partial charge on any atom is 0.534 e. The van der Waals surface area contributed by atoms with E-state index in [-0.39, 0.29) is 0 Å². The Morgan fingerprint density at radius 2 is 1.61 bits per heavy atom. The zero-order valence-electron chi connectivity index (χ0n) is 13.4. The Labute approximate surface area is 134 Å². The average molecular weight is 318 g/mol. The Hall–Kier alpha value is -1.86. The van der Waals surface area contributed by atoms with Crippen LogP contribution in [0.5, 0.6) is 0 Å². The van der Waals surface area contributed by atoms with Crippen LogP contribution in [0, 0.1) is 11.6 Å². The number of rotatable bonds is 2. The summed E-state index contributed by atoms with van der Waals surface area (Å²) in [4.78, 5) is 8.57. The van der Waals surface area contributed by atoms with E-state index in [2.05, 4.69) is 9.97 Å². The Morgan fingerprint density at radius 1 is 0.957 bits per heavy atom. The van der Waals surface area contributed by atoms with Gasteiger partial charge in [-0.1, -0.05) is 0 Å². The van der Waals surface area contributed by atoms with E-state index in [1.54, 1.807) is 12.3 Å². The van der Waals surface area contributed by atoms with Gasteiger partial charge < -0.3 is 9.31 Å². The van der Waals surface area contributed by atoms with Crippen LogP contribution in [-0.2, 0) is 9.31 Å². The molecule has 0 N–H and O–H groups in total. The summed E-state index contributed by atoms with van der Waals surface area (Å²) in [5.74, 6) is -1.81. The zero-order valence-corrected chi connectivity index (χ0v) is 13.4. The molecule has 1 aromatic carbocycles. The van der Waals surface area contributed by atoms with Crippen LogP contribution in [0.25, 0.3) is 11.3 Å². The molecule has 0 spiro atoms. The summed E-state index contributed by atoms with van der Waals surface area (Å²) >= 11 is 0. The maximum absolute atomic E-state index is 13.4. The molecule has 0 atom stereocenters. The minimum absolute atomic E-state index is 0.353. The minimum atomic E-state index is -0.918. The molecule has 2 aromatic rings. The molecule has 0 saturated carbocycles. The Balaban J connectivity index is 1.93. The van der Waals surface area contributed by atoms with Crippen molar-refractivity contribution in [2.75, 3.05) is 0 Å². The lowest BCUT2D eigenvalue weighted by atomic mass is 9.89. The van der Waals surface area contributed by atoms with Crippen molar-refractivity contribution in [1.82, 2.24) is 9.97 Å². The smallest absolute Gasteiger partial charge is 0.397 e. The molecule has 0 unspecified atom stereocenters. The van der Waals surface area contributed by atoms with Gasteiger partial charge in [-0.05, 0) is 52.0 Å². The molecule has 0 bridgehead atoms. The van der Waals surface area contributed by atoms with Crippen molar-refractivity contribution in [2.45, 2.75) is 38.9 Å². The van der Waals surface area contributed by atoms with E-state index >= 15 is 0 Å². The summed E-state index contributed by atoms with van der Waals surface area (Å²) in [7, 11) is -0.703. The summed E-state index contributed by atoms with van der Waals surface area (Å²) < 4.78 is 38.3.